The summed E-state index contributed by atoms with van der Waals surface area (Å²) in [5, 5.41) is 13.9. The van der Waals surface area contributed by atoms with E-state index in [9.17, 15) is 14.7 Å². The van der Waals surface area contributed by atoms with Crippen molar-refractivity contribution < 1.29 is 14.7 Å². The number of aliphatic carboxylic acids is 1. The molecule has 0 aliphatic heterocycles. The number of nitrogens with one attached hydrogen (secondary N) is 1. The Hall–Kier alpha value is -1.11. The van der Waals surface area contributed by atoms with Gasteiger partial charge in [0.25, 0.3) is 0 Å². The highest BCUT2D eigenvalue weighted by molar-refractivity contribution is 14.1. The molecule has 1 aliphatic rings. The van der Waals surface area contributed by atoms with Gasteiger partial charge >= 0.3 is 0 Å². The summed E-state index contributed by atoms with van der Waals surface area (Å²) in [5.74, 6) is -2.45. The quantitative estimate of drug-likeness (QED) is 0.823. The van der Waals surface area contributed by atoms with Crippen molar-refractivity contribution in [2.45, 2.75) is 25.7 Å². The van der Waals surface area contributed by atoms with Gasteiger partial charge < -0.3 is 15.2 Å². The molecule has 0 unspecified atom stereocenters. The number of hydrogen-bond donors (Lipinski definition) is 1. The molecule has 102 valence electrons. The molecular weight excluding hydrogens is 357 g/mol. The van der Waals surface area contributed by atoms with Crippen molar-refractivity contribution in [2.24, 2.45) is 11.8 Å². The summed E-state index contributed by atoms with van der Waals surface area (Å²) in [6, 6.07) is 7.42. The minimum atomic E-state index is -1.11. The molecule has 2 atom stereocenters. The number of rotatable bonds is 3. The maximum absolute atomic E-state index is 12.2. The van der Waals surface area contributed by atoms with Crippen LogP contribution in [0.5, 0.6) is 0 Å². The highest BCUT2D eigenvalue weighted by Gasteiger charge is 2.31. The highest BCUT2D eigenvalue weighted by atomic mass is 127. The molecule has 0 radical (unpaired) electrons. The first kappa shape index (κ1) is 14.3. The lowest BCUT2D eigenvalue weighted by Gasteiger charge is -2.31. The van der Waals surface area contributed by atoms with Gasteiger partial charge in [0.05, 0.1) is 0 Å². The fraction of sp³-hybridized carbons (Fsp3) is 0.429. The lowest BCUT2D eigenvalue weighted by Crippen LogP contribution is -2.42. The normalized spacial score (nSPS) is 22.8. The van der Waals surface area contributed by atoms with Crippen LogP contribution in [0.1, 0.15) is 25.7 Å². The summed E-state index contributed by atoms with van der Waals surface area (Å²) in [5.41, 5.74) is 0.702. The average molecular weight is 372 g/mol. The number of carbonyl (C=O) groups is 2. The molecule has 1 fully saturated rings. The van der Waals surface area contributed by atoms with Gasteiger partial charge in [0.1, 0.15) is 0 Å². The molecule has 5 heteroatoms. The molecule has 1 aliphatic carbocycles. The van der Waals surface area contributed by atoms with E-state index >= 15 is 0 Å². The summed E-state index contributed by atoms with van der Waals surface area (Å²) in [4.78, 5) is 23.2. The molecule has 2 rings (SSSR count). The molecule has 19 heavy (non-hydrogen) atoms. The summed E-state index contributed by atoms with van der Waals surface area (Å²) >= 11 is 2.19. The second kappa shape index (κ2) is 6.36. The lowest BCUT2D eigenvalue weighted by molar-refractivity contribution is -0.313. The maximum Gasteiger partial charge on any atom is 0.228 e. The van der Waals surface area contributed by atoms with Gasteiger partial charge in [-0.05, 0) is 59.7 Å². The number of carboxylic acids is 1. The summed E-state index contributed by atoms with van der Waals surface area (Å²) in [7, 11) is 0. The fourth-order valence-corrected chi connectivity index (χ4v) is 2.85. The number of anilines is 1. The van der Waals surface area contributed by atoms with E-state index in [0.29, 0.717) is 18.5 Å². The van der Waals surface area contributed by atoms with Crippen molar-refractivity contribution in [2.75, 3.05) is 5.32 Å². The molecule has 1 N–H and O–H groups in total. The Morgan fingerprint density at radius 3 is 2.26 bits per heavy atom. The molecule has 1 aromatic carbocycles. The SMILES string of the molecule is O=C(Nc1ccc(I)cc1)[C@H]1CCCC[C@H]1C(=O)[O-]. The summed E-state index contributed by atoms with van der Waals surface area (Å²) in [6.45, 7) is 0. The number of halogens is 1. The van der Waals surface area contributed by atoms with Crippen molar-refractivity contribution >= 4 is 40.2 Å². The zero-order chi connectivity index (χ0) is 13.8. The fourth-order valence-electron chi connectivity index (χ4n) is 2.49. The van der Waals surface area contributed by atoms with Crippen LogP contribution in [0.3, 0.4) is 0 Å². The molecule has 0 aromatic heterocycles. The van der Waals surface area contributed by atoms with Gasteiger partial charge in [-0.3, -0.25) is 4.79 Å². The zero-order valence-electron chi connectivity index (χ0n) is 10.4. The molecule has 0 heterocycles. The van der Waals surface area contributed by atoms with E-state index in [2.05, 4.69) is 27.9 Å². The van der Waals surface area contributed by atoms with Crippen LogP contribution in [0, 0.1) is 15.4 Å². The standard InChI is InChI=1S/C14H16INO3/c15-9-5-7-10(8-6-9)16-13(17)11-3-1-2-4-12(11)14(18)19/h5-8,11-12H,1-4H2,(H,16,17)(H,18,19)/p-1/t11-,12+/m0/s1. The molecule has 0 saturated heterocycles. The predicted molar refractivity (Wildman–Crippen MR) is 78.2 cm³/mol. The Bertz CT molecular complexity index is 472. The Morgan fingerprint density at radius 1 is 1.11 bits per heavy atom. The number of benzene rings is 1. The predicted octanol–water partition coefficient (Wildman–Crippen LogP) is 1.79. The van der Waals surface area contributed by atoms with Crippen molar-refractivity contribution in [1.29, 1.82) is 0 Å². The van der Waals surface area contributed by atoms with Crippen molar-refractivity contribution in [3.8, 4) is 0 Å². The molecule has 4 nitrogen and oxygen atoms in total. The van der Waals surface area contributed by atoms with Crippen LogP contribution >= 0.6 is 22.6 Å². The van der Waals surface area contributed by atoms with Gasteiger partial charge in [-0.1, -0.05) is 12.8 Å². The van der Waals surface area contributed by atoms with Crippen LogP contribution in [-0.2, 0) is 9.59 Å². The van der Waals surface area contributed by atoms with Crippen LogP contribution in [0.15, 0.2) is 24.3 Å². The monoisotopic (exact) mass is 372 g/mol. The topological polar surface area (TPSA) is 69.2 Å². The van der Waals surface area contributed by atoms with Gasteiger partial charge in [0.2, 0.25) is 5.91 Å². The smallest absolute Gasteiger partial charge is 0.228 e. The third-order valence-electron chi connectivity index (χ3n) is 3.52. The number of carbonyl (C=O) groups excluding carboxylic acids is 2. The van der Waals surface area contributed by atoms with Crippen molar-refractivity contribution in [1.82, 2.24) is 0 Å². The average Bonchev–Trinajstić information content (AvgIpc) is 2.41. The first-order valence-corrected chi connectivity index (χ1v) is 7.43. The minimum absolute atomic E-state index is 0.213. The molecule has 1 aromatic rings. The van der Waals surface area contributed by atoms with Crippen molar-refractivity contribution in [3.05, 3.63) is 27.8 Å². The summed E-state index contributed by atoms with van der Waals surface area (Å²) in [6.07, 6.45) is 2.91. The maximum atomic E-state index is 12.2. The zero-order valence-corrected chi connectivity index (χ0v) is 12.6. The minimum Gasteiger partial charge on any atom is -0.550 e. The van der Waals surface area contributed by atoms with Crippen LogP contribution in [-0.4, -0.2) is 11.9 Å². The van der Waals surface area contributed by atoms with Gasteiger partial charge in [-0.15, -0.1) is 0 Å². The third kappa shape index (κ3) is 3.68. The van der Waals surface area contributed by atoms with E-state index in [1.165, 1.54) is 0 Å². The number of hydrogen-bond acceptors (Lipinski definition) is 3. The van der Waals surface area contributed by atoms with Crippen LogP contribution in [0.25, 0.3) is 0 Å². The van der Waals surface area contributed by atoms with E-state index in [4.69, 9.17) is 0 Å². The Kier molecular flexibility index (Phi) is 4.79. The lowest BCUT2D eigenvalue weighted by atomic mass is 9.78. The van der Waals surface area contributed by atoms with E-state index in [0.717, 1.165) is 16.4 Å². The Balaban J connectivity index is 2.05. The number of carboxylic acid groups (broad SMARTS) is 1. The summed E-state index contributed by atoms with van der Waals surface area (Å²) < 4.78 is 1.08. The van der Waals surface area contributed by atoms with Gasteiger partial charge in [0.15, 0.2) is 0 Å². The molecule has 1 saturated carbocycles. The molecule has 1 amide bonds. The van der Waals surface area contributed by atoms with E-state index in [1.54, 1.807) is 0 Å². The first-order valence-electron chi connectivity index (χ1n) is 6.35. The molecule has 0 spiro atoms. The molecule has 0 bridgehead atoms. The van der Waals surface area contributed by atoms with Crippen LogP contribution in [0.2, 0.25) is 0 Å². The highest BCUT2D eigenvalue weighted by Crippen LogP contribution is 2.30. The second-order valence-electron chi connectivity index (χ2n) is 4.81. The van der Waals surface area contributed by atoms with Crippen LogP contribution in [0.4, 0.5) is 5.69 Å². The van der Waals surface area contributed by atoms with Gasteiger partial charge in [-0.25, -0.2) is 0 Å². The second-order valence-corrected chi connectivity index (χ2v) is 6.06. The third-order valence-corrected chi connectivity index (χ3v) is 4.24. The Labute approximate surface area is 125 Å². The van der Waals surface area contributed by atoms with E-state index in [-0.39, 0.29) is 5.91 Å². The van der Waals surface area contributed by atoms with Gasteiger partial charge in [-0.2, -0.15) is 0 Å². The largest absolute Gasteiger partial charge is 0.550 e. The van der Waals surface area contributed by atoms with E-state index in [1.807, 2.05) is 24.3 Å². The first-order chi connectivity index (χ1) is 9.08. The van der Waals surface area contributed by atoms with Crippen molar-refractivity contribution in [3.63, 3.8) is 0 Å². The molecular formula is C14H15INO3-. The number of amides is 1. The van der Waals surface area contributed by atoms with Crippen LogP contribution < -0.4 is 10.4 Å². The van der Waals surface area contributed by atoms with E-state index < -0.39 is 17.8 Å². The Morgan fingerprint density at radius 2 is 1.68 bits per heavy atom. The van der Waals surface area contributed by atoms with Gasteiger partial charge in [0, 0.05) is 27.1 Å².